The van der Waals surface area contributed by atoms with Crippen LogP contribution in [0, 0.1) is 0 Å². The van der Waals surface area contributed by atoms with E-state index in [1.165, 1.54) is 110 Å². The van der Waals surface area contributed by atoms with Crippen molar-refractivity contribution in [3.63, 3.8) is 0 Å². The molecule has 51 heavy (non-hydrogen) atoms. The van der Waals surface area contributed by atoms with E-state index in [-0.39, 0.29) is 0 Å². The van der Waals surface area contributed by atoms with Crippen LogP contribution in [0.4, 0.5) is 0 Å². The van der Waals surface area contributed by atoms with E-state index in [4.69, 9.17) is 0 Å². The van der Waals surface area contributed by atoms with Gasteiger partial charge in [-0.25, -0.2) is 0 Å². The molecule has 0 radical (unpaired) electrons. The lowest BCUT2D eigenvalue weighted by Crippen LogP contribution is -2.25. The zero-order valence-electron chi connectivity index (χ0n) is 27.8. The van der Waals surface area contributed by atoms with Crippen molar-refractivity contribution < 1.29 is 0 Å². The molecule has 10 aromatic rings. The maximum atomic E-state index is 2.53. The van der Waals surface area contributed by atoms with Gasteiger partial charge in [-0.3, -0.25) is 0 Å². The summed E-state index contributed by atoms with van der Waals surface area (Å²) in [7, 11) is 0. The van der Waals surface area contributed by atoms with Crippen LogP contribution in [0.1, 0.15) is 22.3 Å². The third-order valence-electron chi connectivity index (χ3n) is 12.0. The number of rotatable bonds is 2. The molecule has 0 saturated carbocycles. The standard InChI is InChI=1S/C51H30/c1-2-10-31(11-3-1)37-17-9-14-35-28-48-44(30-43(35)37)41-26-24-36(29-47(41)51(48)45-18-6-4-15-39(45)40-16-5-7-19-46(40)51)38-25-22-34-21-20-32-12-8-13-33-23-27-42(38)50(34)49(32)33/h1-30H. The number of hydrogen-bond acceptors (Lipinski definition) is 0. The topological polar surface area (TPSA) is 0 Å². The largest absolute Gasteiger partial charge is 0.0725 e. The van der Waals surface area contributed by atoms with E-state index >= 15 is 0 Å². The van der Waals surface area contributed by atoms with Gasteiger partial charge >= 0.3 is 0 Å². The van der Waals surface area contributed by atoms with Crippen LogP contribution in [0.5, 0.6) is 0 Å². The molecule has 2 aliphatic rings. The van der Waals surface area contributed by atoms with Crippen molar-refractivity contribution in [2.24, 2.45) is 0 Å². The van der Waals surface area contributed by atoms with E-state index in [0.29, 0.717) is 0 Å². The van der Waals surface area contributed by atoms with Crippen LogP contribution in [0.3, 0.4) is 0 Å². The monoisotopic (exact) mass is 642 g/mol. The van der Waals surface area contributed by atoms with Gasteiger partial charge in [0, 0.05) is 0 Å². The molecule has 0 unspecified atom stereocenters. The first-order chi connectivity index (χ1) is 25.3. The fourth-order valence-electron chi connectivity index (χ4n) is 9.93. The van der Waals surface area contributed by atoms with E-state index < -0.39 is 5.41 Å². The Kier molecular flexibility index (Phi) is 5.26. The molecular weight excluding hydrogens is 613 g/mol. The summed E-state index contributed by atoms with van der Waals surface area (Å²) in [5.74, 6) is 0. The number of fused-ring (bicyclic) bond motifs is 11. The van der Waals surface area contributed by atoms with Crippen LogP contribution in [-0.4, -0.2) is 0 Å². The first kappa shape index (κ1) is 27.3. The molecule has 12 rings (SSSR count). The molecule has 0 heterocycles. The van der Waals surface area contributed by atoms with Crippen LogP contribution < -0.4 is 0 Å². The second-order valence-corrected chi connectivity index (χ2v) is 14.4. The van der Waals surface area contributed by atoms with Gasteiger partial charge in [0.05, 0.1) is 5.41 Å². The molecule has 2 aliphatic carbocycles. The Morgan fingerprint density at radius 2 is 0.804 bits per heavy atom. The summed E-state index contributed by atoms with van der Waals surface area (Å²) in [6.45, 7) is 0. The van der Waals surface area contributed by atoms with E-state index in [9.17, 15) is 0 Å². The summed E-state index contributed by atoms with van der Waals surface area (Å²) < 4.78 is 0. The second kappa shape index (κ2) is 9.81. The summed E-state index contributed by atoms with van der Waals surface area (Å²) in [5.41, 5.74) is 15.4. The fraction of sp³-hybridized carbons (Fsp3) is 0.0196. The van der Waals surface area contributed by atoms with Crippen molar-refractivity contribution in [3.8, 4) is 44.5 Å². The van der Waals surface area contributed by atoms with Gasteiger partial charge in [-0.2, -0.15) is 0 Å². The van der Waals surface area contributed by atoms with Crippen molar-refractivity contribution in [1.29, 1.82) is 0 Å². The minimum atomic E-state index is -0.422. The number of benzene rings is 10. The molecule has 0 aliphatic heterocycles. The highest BCUT2D eigenvalue weighted by Crippen LogP contribution is 2.63. The maximum absolute atomic E-state index is 2.53. The fourth-order valence-corrected chi connectivity index (χ4v) is 9.93. The zero-order valence-corrected chi connectivity index (χ0v) is 27.8. The van der Waals surface area contributed by atoms with Crippen molar-refractivity contribution in [2.75, 3.05) is 0 Å². The Labute approximate surface area is 296 Å². The van der Waals surface area contributed by atoms with Gasteiger partial charge in [0.15, 0.2) is 0 Å². The van der Waals surface area contributed by atoms with Gasteiger partial charge < -0.3 is 0 Å². The van der Waals surface area contributed by atoms with E-state index in [2.05, 4.69) is 182 Å². The summed E-state index contributed by atoms with van der Waals surface area (Å²) in [6, 6.07) is 68.6. The highest BCUT2D eigenvalue weighted by molar-refractivity contribution is 6.25. The predicted molar refractivity (Wildman–Crippen MR) is 215 cm³/mol. The Balaban J connectivity index is 1.19. The zero-order chi connectivity index (χ0) is 33.3. The maximum Gasteiger partial charge on any atom is 0.0725 e. The molecule has 10 aromatic carbocycles. The lowest BCUT2D eigenvalue weighted by molar-refractivity contribution is 0.795. The molecule has 234 valence electrons. The minimum Gasteiger partial charge on any atom is -0.0622 e. The Bertz CT molecular complexity index is 3010. The highest BCUT2D eigenvalue weighted by atomic mass is 14.5. The molecule has 0 amide bonds. The Hall–Kier alpha value is -6.50. The summed E-state index contributed by atoms with van der Waals surface area (Å²) in [5, 5.41) is 10.5. The molecular formula is C51H30. The van der Waals surface area contributed by atoms with E-state index in [1.54, 1.807) is 0 Å². The van der Waals surface area contributed by atoms with Crippen molar-refractivity contribution >= 4 is 43.1 Å². The van der Waals surface area contributed by atoms with Gasteiger partial charge in [0.2, 0.25) is 0 Å². The van der Waals surface area contributed by atoms with Crippen LogP contribution in [0.15, 0.2) is 182 Å². The van der Waals surface area contributed by atoms with Crippen molar-refractivity contribution in [2.45, 2.75) is 5.41 Å². The number of hydrogen-bond donors (Lipinski definition) is 0. The molecule has 0 fully saturated rings. The molecule has 0 atom stereocenters. The highest BCUT2D eigenvalue weighted by Gasteiger charge is 2.51. The van der Waals surface area contributed by atoms with E-state index in [1.807, 2.05) is 0 Å². The van der Waals surface area contributed by atoms with Gasteiger partial charge in [0.1, 0.15) is 0 Å². The summed E-state index contributed by atoms with van der Waals surface area (Å²) >= 11 is 0. The Morgan fingerprint density at radius 3 is 1.59 bits per heavy atom. The first-order valence-corrected chi connectivity index (χ1v) is 17.9. The SMILES string of the molecule is c1ccc(-c2cccc3cc4c(cc23)-c2ccc(-c3ccc5ccc6cccc7ccc3c5c67)cc2C42c3ccccc3-c3ccccc32)cc1. The van der Waals surface area contributed by atoms with Crippen LogP contribution in [0.25, 0.3) is 87.6 Å². The van der Waals surface area contributed by atoms with Gasteiger partial charge in [-0.15, -0.1) is 0 Å². The van der Waals surface area contributed by atoms with Gasteiger partial charge in [-0.1, -0.05) is 164 Å². The summed E-state index contributed by atoms with van der Waals surface area (Å²) in [6.07, 6.45) is 0. The third-order valence-corrected chi connectivity index (χ3v) is 12.0. The van der Waals surface area contributed by atoms with Crippen LogP contribution in [0.2, 0.25) is 0 Å². The quantitative estimate of drug-likeness (QED) is 0.165. The second-order valence-electron chi connectivity index (χ2n) is 14.4. The average molecular weight is 643 g/mol. The molecule has 0 saturated heterocycles. The molecule has 0 aromatic heterocycles. The van der Waals surface area contributed by atoms with Crippen LogP contribution in [-0.2, 0) is 5.41 Å². The third kappa shape index (κ3) is 3.44. The smallest absolute Gasteiger partial charge is 0.0622 e. The predicted octanol–water partition coefficient (Wildman–Crippen LogP) is 13.4. The lowest BCUT2D eigenvalue weighted by Gasteiger charge is -2.31. The minimum absolute atomic E-state index is 0.422. The van der Waals surface area contributed by atoms with Gasteiger partial charge in [0.25, 0.3) is 0 Å². The molecule has 1 spiro atoms. The summed E-state index contributed by atoms with van der Waals surface area (Å²) in [4.78, 5) is 0. The normalized spacial score (nSPS) is 13.6. The molecule has 0 bridgehead atoms. The lowest BCUT2D eigenvalue weighted by atomic mass is 9.70. The average Bonchev–Trinajstić information content (AvgIpc) is 3.65. The molecule has 0 nitrogen and oxygen atoms in total. The first-order valence-electron chi connectivity index (χ1n) is 17.9. The Morgan fingerprint density at radius 1 is 0.255 bits per heavy atom. The molecule has 0 heteroatoms. The molecule has 0 N–H and O–H groups in total. The van der Waals surface area contributed by atoms with Crippen molar-refractivity contribution in [1.82, 2.24) is 0 Å². The van der Waals surface area contributed by atoms with Gasteiger partial charge in [-0.05, 0) is 128 Å². The van der Waals surface area contributed by atoms with Crippen molar-refractivity contribution in [3.05, 3.63) is 204 Å². The van der Waals surface area contributed by atoms with Crippen LogP contribution >= 0.6 is 0 Å². The van der Waals surface area contributed by atoms with E-state index in [0.717, 1.165) is 0 Å².